The summed E-state index contributed by atoms with van der Waals surface area (Å²) in [6, 6.07) is 0. The van der Waals surface area contributed by atoms with Crippen molar-refractivity contribution in [2.75, 3.05) is 6.61 Å². The van der Waals surface area contributed by atoms with E-state index >= 15 is 0 Å². The molecule has 0 amide bonds. The maximum absolute atomic E-state index is 7.57. The fraction of sp³-hybridized carbons (Fsp3) is 1.00. The highest BCUT2D eigenvalue weighted by molar-refractivity contribution is 4.12. The molecule has 0 atom stereocenters. The molecule has 2 heteroatoms. The highest BCUT2D eigenvalue weighted by atomic mass is 16.2. The number of hydrogen-bond acceptors (Lipinski definition) is 1. The van der Waals surface area contributed by atoms with Gasteiger partial charge in [0.25, 0.3) is 0 Å². The van der Waals surface area contributed by atoms with Crippen LogP contribution in [0.25, 0.3) is 0 Å². The zero-order valence-corrected chi connectivity index (χ0v) is 6.07. The monoisotopic (exact) mass is 122 g/mol. The minimum Gasteiger partial charge on any atom is -0.412 e. The van der Waals surface area contributed by atoms with Gasteiger partial charge >= 0.3 is 0 Å². The zero-order valence-electron chi connectivity index (χ0n) is 6.07. The second-order valence-electron chi connectivity index (χ2n) is 1.32. The minimum absolute atomic E-state index is 0. The average molecular weight is 122 g/mol. The second-order valence-corrected chi connectivity index (χ2v) is 1.32. The zero-order chi connectivity index (χ0) is 6.12. The Labute approximate surface area is 51.8 Å². The van der Waals surface area contributed by atoms with Crippen molar-refractivity contribution in [2.45, 2.75) is 33.6 Å². The first kappa shape index (κ1) is 15.7. The average Bonchev–Trinajstić information content (AvgIpc) is 1.69. The van der Waals surface area contributed by atoms with Gasteiger partial charge in [0.2, 0.25) is 0 Å². The van der Waals surface area contributed by atoms with Crippen molar-refractivity contribution in [1.29, 1.82) is 0 Å². The van der Waals surface area contributed by atoms with Crippen LogP contribution in [-0.2, 0) is 0 Å². The van der Waals surface area contributed by atoms with Gasteiger partial charge in [0, 0.05) is 6.61 Å². The first-order valence-corrected chi connectivity index (χ1v) is 2.94. The predicted molar refractivity (Wildman–Crippen MR) is 37.0 cm³/mol. The van der Waals surface area contributed by atoms with E-state index in [9.17, 15) is 0 Å². The SMILES string of the molecule is CCCC.CCO.O. The van der Waals surface area contributed by atoms with Crippen LogP contribution >= 0.6 is 0 Å². The van der Waals surface area contributed by atoms with Crippen molar-refractivity contribution in [3.8, 4) is 0 Å². The Balaban J connectivity index is -0.0000000575. The molecule has 0 aromatic carbocycles. The lowest BCUT2D eigenvalue weighted by atomic mass is 10.4. The molecule has 0 unspecified atom stereocenters. The van der Waals surface area contributed by atoms with Gasteiger partial charge in [-0.1, -0.05) is 26.7 Å². The minimum atomic E-state index is 0. The summed E-state index contributed by atoms with van der Waals surface area (Å²) in [5, 5.41) is 7.57. The van der Waals surface area contributed by atoms with E-state index < -0.39 is 0 Å². The van der Waals surface area contributed by atoms with E-state index in [4.69, 9.17) is 5.11 Å². The number of aliphatic hydroxyl groups excluding tert-OH is 1. The number of aliphatic hydroxyl groups is 1. The van der Waals surface area contributed by atoms with E-state index in [1.807, 2.05) is 0 Å². The number of rotatable bonds is 1. The standard InChI is InChI=1S/C4H10.C2H6O.H2O/c1-3-4-2;1-2-3;/h3-4H2,1-2H3;3H,2H2,1H3;1H2. The van der Waals surface area contributed by atoms with Crippen LogP contribution in [0.5, 0.6) is 0 Å². The molecule has 0 saturated heterocycles. The Morgan fingerprint density at radius 3 is 1.12 bits per heavy atom. The Morgan fingerprint density at radius 1 is 1.00 bits per heavy atom. The van der Waals surface area contributed by atoms with Crippen molar-refractivity contribution < 1.29 is 10.6 Å². The lowest BCUT2D eigenvalue weighted by Crippen LogP contribution is -1.57. The molecule has 0 aromatic rings. The Morgan fingerprint density at radius 2 is 1.12 bits per heavy atom. The quantitative estimate of drug-likeness (QED) is 0.553. The molecule has 8 heavy (non-hydrogen) atoms. The summed E-state index contributed by atoms with van der Waals surface area (Å²) in [4.78, 5) is 0. The third kappa shape index (κ3) is 169. The summed E-state index contributed by atoms with van der Waals surface area (Å²) in [6.07, 6.45) is 2.64. The van der Waals surface area contributed by atoms with Crippen LogP contribution in [0.15, 0.2) is 0 Å². The largest absolute Gasteiger partial charge is 0.412 e. The highest BCUT2D eigenvalue weighted by Crippen LogP contribution is 1.76. The molecule has 54 valence electrons. The van der Waals surface area contributed by atoms with Crippen molar-refractivity contribution >= 4 is 0 Å². The van der Waals surface area contributed by atoms with Gasteiger partial charge in [-0.2, -0.15) is 0 Å². The molecule has 0 aliphatic heterocycles. The predicted octanol–water partition coefficient (Wildman–Crippen LogP) is 0.980. The molecule has 0 aromatic heterocycles. The van der Waals surface area contributed by atoms with Crippen LogP contribution in [-0.4, -0.2) is 17.2 Å². The normalized spacial score (nSPS) is 6.00. The summed E-state index contributed by atoms with van der Waals surface area (Å²) < 4.78 is 0. The summed E-state index contributed by atoms with van der Waals surface area (Å²) in [5.41, 5.74) is 0. The van der Waals surface area contributed by atoms with Crippen molar-refractivity contribution in [3.05, 3.63) is 0 Å². The molecule has 0 bridgehead atoms. The van der Waals surface area contributed by atoms with Crippen LogP contribution in [0.2, 0.25) is 0 Å². The van der Waals surface area contributed by atoms with Crippen LogP contribution in [0, 0.1) is 0 Å². The molecule has 0 saturated carbocycles. The first-order valence-electron chi connectivity index (χ1n) is 2.94. The fourth-order valence-electron chi connectivity index (χ4n) is 0. The van der Waals surface area contributed by atoms with Crippen molar-refractivity contribution in [2.24, 2.45) is 0 Å². The van der Waals surface area contributed by atoms with Gasteiger partial charge in [0.1, 0.15) is 0 Å². The molecular formula is C6H18O2. The van der Waals surface area contributed by atoms with E-state index in [1.165, 1.54) is 12.8 Å². The van der Waals surface area contributed by atoms with Gasteiger partial charge in [-0.05, 0) is 6.92 Å². The first-order chi connectivity index (χ1) is 3.33. The third-order valence-electron chi connectivity index (χ3n) is 0.500. The highest BCUT2D eigenvalue weighted by Gasteiger charge is 1.56. The van der Waals surface area contributed by atoms with Crippen molar-refractivity contribution in [3.63, 3.8) is 0 Å². The van der Waals surface area contributed by atoms with Gasteiger partial charge in [-0.3, -0.25) is 0 Å². The van der Waals surface area contributed by atoms with Crippen molar-refractivity contribution in [1.82, 2.24) is 0 Å². The maximum Gasteiger partial charge on any atom is 0.0402 e. The summed E-state index contributed by atoms with van der Waals surface area (Å²) in [5.74, 6) is 0. The van der Waals surface area contributed by atoms with Gasteiger partial charge < -0.3 is 10.6 Å². The topological polar surface area (TPSA) is 51.7 Å². The van der Waals surface area contributed by atoms with Crippen LogP contribution in [0.3, 0.4) is 0 Å². The van der Waals surface area contributed by atoms with Gasteiger partial charge in [0.15, 0.2) is 0 Å². The molecule has 0 aliphatic rings. The van der Waals surface area contributed by atoms with Crippen LogP contribution in [0.1, 0.15) is 33.6 Å². The van der Waals surface area contributed by atoms with E-state index in [1.54, 1.807) is 6.92 Å². The number of hydrogen-bond donors (Lipinski definition) is 1. The summed E-state index contributed by atoms with van der Waals surface area (Å²) in [7, 11) is 0. The summed E-state index contributed by atoms with van der Waals surface area (Å²) in [6.45, 7) is 6.29. The van der Waals surface area contributed by atoms with Crippen LogP contribution < -0.4 is 0 Å². The van der Waals surface area contributed by atoms with E-state index in [-0.39, 0.29) is 12.1 Å². The Hall–Kier alpha value is -0.0800. The number of unbranched alkanes of at least 4 members (excludes halogenated alkanes) is 1. The molecule has 0 heterocycles. The van der Waals surface area contributed by atoms with Gasteiger partial charge in [0.05, 0.1) is 0 Å². The molecule has 0 rings (SSSR count). The van der Waals surface area contributed by atoms with Gasteiger partial charge in [-0.25, -0.2) is 0 Å². The Bertz CT molecular complexity index is 14.0. The molecule has 0 spiro atoms. The molecule has 0 radical (unpaired) electrons. The van der Waals surface area contributed by atoms with E-state index in [2.05, 4.69) is 13.8 Å². The lowest BCUT2D eigenvalue weighted by Gasteiger charge is -1.68. The van der Waals surface area contributed by atoms with E-state index in [0.717, 1.165) is 0 Å². The second kappa shape index (κ2) is 28.4. The smallest absolute Gasteiger partial charge is 0.0402 e. The van der Waals surface area contributed by atoms with Crippen LogP contribution in [0.4, 0.5) is 0 Å². The molecular weight excluding hydrogens is 104 g/mol. The lowest BCUT2D eigenvalue weighted by molar-refractivity contribution is 0.318. The maximum atomic E-state index is 7.57. The van der Waals surface area contributed by atoms with Gasteiger partial charge in [-0.15, -0.1) is 0 Å². The summed E-state index contributed by atoms with van der Waals surface area (Å²) >= 11 is 0. The Kier molecular flexibility index (Phi) is 55.7. The third-order valence-corrected chi connectivity index (χ3v) is 0.500. The molecule has 2 nitrogen and oxygen atoms in total. The molecule has 0 aliphatic carbocycles. The molecule has 0 fully saturated rings. The molecule has 3 N–H and O–H groups in total. The van der Waals surface area contributed by atoms with E-state index in [0.29, 0.717) is 0 Å². The fourth-order valence-corrected chi connectivity index (χ4v) is 0.